The fourth-order valence-corrected chi connectivity index (χ4v) is 1.34. The second-order valence-corrected chi connectivity index (χ2v) is 3.91. The van der Waals surface area contributed by atoms with Gasteiger partial charge in [0.1, 0.15) is 0 Å². The molecule has 1 amide bonds. The number of carbonyl (C=O) groups is 1. The van der Waals surface area contributed by atoms with Crippen LogP contribution in [0.5, 0.6) is 0 Å². The van der Waals surface area contributed by atoms with Crippen LogP contribution in [0.2, 0.25) is 0 Å². The molecule has 3 nitrogen and oxygen atoms in total. The molecule has 2 atom stereocenters. The SMILES string of the molecule is CCCC(C)NC(=O)C(C)CNCC. The monoisotopic (exact) mass is 200 g/mol. The first-order valence-corrected chi connectivity index (χ1v) is 5.62. The Morgan fingerprint density at radius 3 is 2.43 bits per heavy atom. The molecule has 0 saturated heterocycles. The highest BCUT2D eigenvalue weighted by atomic mass is 16.1. The number of amides is 1. The van der Waals surface area contributed by atoms with Crippen molar-refractivity contribution in [3.8, 4) is 0 Å². The Bertz CT molecular complexity index is 159. The Morgan fingerprint density at radius 1 is 1.29 bits per heavy atom. The van der Waals surface area contributed by atoms with Crippen LogP contribution in [0.3, 0.4) is 0 Å². The lowest BCUT2D eigenvalue weighted by Crippen LogP contribution is -2.39. The van der Waals surface area contributed by atoms with Crippen molar-refractivity contribution in [1.82, 2.24) is 10.6 Å². The van der Waals surface area contributed by atoms with E-state index in [-0.39, 0.29) is 11.8 Å². The van der Waals surface area contributed by atoms with Gasteiger partial charge in [0.2, 0.25) is 5.91 Å². The molecule has 0 radical (unpaired) electrons. The number of hydrogen-bond donors (Lipinski definition) is 2. The van der Waals surface area contributed by atoms with E-state index in [0.29, 0.717) is 6.04 Å². The molecule has 0 rings (SSSR count). The highest BCUT2D eigenvalue weighted by molar-refractivity contribution is 5.78. The first-order chi connectivity index (χ1) is 6.61. The third-order valence-corrected chi connectivity index (χ3v) is 2.26. The van der Waals surface area contributed by atoms with Crippen molar-refractivity contribution < 1.29 is 4.79 Å². The smallest absolute Gasteiger partial charge is 0.224 e. The molecule has 0 aromatic heterocycles. The Labute approximate surface area is 87.6 Å². The molecule has 0 spiro atoms. The Kier molecular flexibility index (Phi) is 7.48. The van der Waals surface area contributed by atoms with Crippen LogP contribution in [0.25, 0.3) is 0 Å². The minimum Gasteiger partial charge on any atom is -0.353 e. The van der Waals surface area contributed by atoms with Crippen molar-refractivity contribution in [2.45, 2.75) is 46.6 Å². The summed E-state index contributed by atoms with van der Waals surface area (Å²) < 4.78 is 0. The Balaban J connectivity index is 3.71. The number of rotatable bonds is 7. The average molecular weight is 200 g/mol. The van der Waals surface area contributed by atoms with Gasteiger partial charge in [-0.3, -0.25) is 4.79 Å². The maximum atomic E-state index is 11.6. The van der Waals surface area contributed by atoms with Crippen molar-refractivity contribution in [1.29, 1.82) is 0 Å². The number of carbonyl (C=O) groups excluding carboxylic acids is 1. The molecular formula is C11H24N2O. The fraction of sp³-hybridized carbons (Fsp3) is 0.909. The molecule has 2 unspecified atom stereocenters. The largest absolute Gasteiger partial charge is 0.353 e. The topological polar surface area (TPSA) is 41.1 Å². The van der Waals surface area contributed by atoms with E-state index in [1.807, 2.05) is 13.8 Å². The lowest BCUT2D eigenvalue weighted by molar-refractivity contribution is -0.125. The molecule has 0 aliphatic rings. The molecule has 0 aliphatic carbocycles. The molecule has 0 aliphatic heterocycles. The molecule has 2 N–H and O–H groups in total. The molecule has 0 saturated carbocycles. The maximum Gasteiger partial charge on any atom is 0.224 e. The zero-order valence-corrected chi connectivity index (χ0v) is 9.89. The van der Waals surface area contributed by atoms with Crippen LogP contribution < -0.4 is 10.6 Å². The van der Waals surface area contributed by atoms with Gasteiger partial charge in [-0.15, -0.1) is 0 Å². The van der Waals surface area contributed by atoms with Crippen LogP contribution in [-0.2, 0) is 4.79 Å². The van der Waals surface area contributed by atoms with Crippen LogP contribution in [0.1, 0.15) is 40.5 Å². The van der Waals surface area contributed by atoms with E-state index >= 15 is 0 Å². The predicted octanol–water partition coefficient (Wildman–Crippen LogP) is 1.54. The summed E-state index contributed by atoms with van der Waals surface area (Å²) in [5.41, 5.74) is 0. The molecule has 0 heterocycles. The highest BCUT2D eigenvalue weighted by Crippen LogP contribution is 1.98. The van der Waals surface area contributed by atoms with E-state index in [4.69, 9.17) is 0 Å². The molecule has 0 aromatic rings. The van der Waals surface area contributed by atoms with Crippen molar-refractivity contribution >= 4 is 5.91 Å². The fourth-order valence-electron chi connectivity index (χ4n) is 1.34. The van der Waals surface area contributed by atoms with Gasteiger partial charge in [-0.05, 0) is 19.9 Å². The minimum absolute atomic E-state index is 0.0641. The van der Waals surface area contributed by atoms with Gasteiger partial charge in [0, 0.05) is 18.5 Å². The summed E-state index contributed by atoms with van der Waals surface area (Å²) >= 11 is 0. The number of nitrogens with one attached hydrogen (secondary N) is 2. The van der Waals surface area contributed by atoms with E-state index in [9.17, 15) is 4.79 Å². The van der Waals surface area contributed by atoms with Gasteiger partial charge in [0.15, 0.2) is 0 Å². The summed E-state index contributed by atoms with van der Waals surface area (Å²) in [6.07, 6.45) is 2.17. The van der Waals surface area contributed by atoms with Crippen LogP contribution >= 0.6 is 0 Å². The zero-order chi connectivity index (χ0) is 11.0. The maximum absolute atomic E-state index is 11.6. The quantitative estimate of drug-likeness (QED) is 0.654. The van der Waals surface area contributed by atoms with Gasteiger partial charge in [0.05, 0.1) is 0 Å². The van der Waals surface area contributed by atoms with Crippen LogP contribution in [0.4, 0.5) is 0 Å². The lowest BCUT2D eigenvalue weighted by atomic mass is 10.1. The Morgan fingerprint density at radius 2 is 1.93 bits per heavy atom. The molecule has 0 bridgehead atoms. The summed E-state index contributed by atoms with van der Waals surface area (Å²) in [5.74, 6) is 0.223. The molecule has 0 aromatic carbocycles. The second-order valence-electron chi connectivity index (χ2n) is 3.91. The summed E-state index contributed by atoms with van der Waals surface area (Å²) in [7, 11) is 0. The van der Waals surface area contributed by atoms with Gasteiger partial charge in [-0.2, -0.15) is 0 Å². The van der Waals surface area contributed by atoms with Crippen molar-refractivity contribution in [3.63, 3.8) is 0 Å². The normalized spacial score (nSPS) is 14.9. The predicted molar refractivity (Wildman–Crippen MR) is 60.2 cm³/mol. The third kappa shape index (κ3) is 5.97. The molecular weight excluding hydrogens is 176 g/mol. The van der Waals surface area contributed by atoms with Gasteiger partial charge >= 0.3 is 0 Å². The van der Waals surface area contributed by atoms with Crippen LogP contribution in [0.15, 0.2) is 0 Å². The van der Waals surface area contributed by atoms with Gasteiger partial charge in [-0.25, -0.2) is 0 Å². The first kappa shape index (κ1) is 13.4. The minimum atomic E-state index is 0.0641. The van der Waals surface area contributed by atoms with E-state index in [1.54, 1.807) is 0 Å². The van der Waals surface area contributed by atoms with E-state index in [2.05, 4.69) is 24.5 Å². The standard InChI is InChI=1S/C11H24N2O/c1-5-7-10(4)13-11(14)9(3)8-12-6-2/h9-10,12H,5-8H2,1-4H3,(H,13,14). The molecule has 3 heteroatoms. The van der Waals surface area contributed by atoms with E-state index in [1.165, 1.54) is 0 Å². The number of hydrogen-bond acceptors (Lipinski definition) is 2. The molecule has 84 valence electrons. The van der Waals surface area contributed by atoms with Gasteiger partial charge in [-0.1, -0.05) is 27.2 Å². The van der Waals surface area contributed by atoms with Gasteiger partial charge < -0.3 is 10.6 Å². The summed E-state index contributed by atoms with van der Waals surface area (Å²) in [4.78, 5) is 11.6. The highest BCUT2D eigenvalue weighted by Gasteiger charge is 2.13. The van der Waals surface area contributed by atoms with Crippen molar-refractivity contribution in [2.24, 2.45) is 5.92 Å². The zero-order valence-electron chi connectivity index (χ0n) is 9.89. The van der Waals surface area contributed by atoms with E-state index < -0.39 is 0 Å². The van der Waals surface area contributed by atoms with Crippen molar-refractivity contribution in [3.05, 3.63) is 0 Å². The average Bonchev–Trinajstić information content (AvgIpc) is 2.14. The summed E-state index contributed by atoms with van der Waals surface area (Å²) in [5, 5.41) is 6.18. The van der Waals surface area contributed by atoms with Crippen LogP contribution in [0, 0.1) is 5.92 Å². The second kappa shape index (κ2) is 7.80. The van der Waals surface area contributed by atoms with Crippen molar-refractivity contribution in [2.75, 3.05) is 13.1 Å². The summed E-state index contributed by atoms with van der Waals surface area (Å²) in [6, 6.07) is 0.302. The lowest BCUT2D eigenvalue weighted by Gasteiger charge is -2.17. The molecule has 0 fully saturated rings. The van der Waals surface area contributed by atoms with E-state index in [0.717, 1.165) is 25.9 Å². The first-order valence-electron chi connectivity index (χ1n) is 5.62. The van der Waals surface area contributed by atoms with Gasteiger partial charge in [0.25, 0.3) is 0 Å². The van der Waals surface area contributed by atoms with Crippen LogP contribution in [-0.4, -0.2) is 25.0 Å². The Hall–Kier alpha value is -0.570. The third-order valence-electron chi connectivity index (χ3n) is 2.26. The summed E-state index contributed by atoms with van der Waals surface area (Å²) in [6.45, 7) is 9.87. The molecule has 14 heavy (non-hydrogen) atoms.